The highest BCUT2D eigenvalue weighted by atomic mass is 35.5. The lowest BCUT2D eigenvalue weighted by atomic mass is 10.1. The number of benzene rings is 1. The molecular formula is C13H17ClFNO. The molecule has 0 aliphatic carbocycles. The van der Waals surface area contributed by atoms with Crippen LogP contribution in [-0.4, -0.2) is 19.3 Å². The Morgan fingerprint density at radius 1 is 1.59 bits per heavy atom. The van der Waals surface area contributed by atoms with Crippen molar-refractivity contribution in [3.05, 3.63) is 34.6 Å². The highest BCUT2D eigenvalue weighted by molar-refractivity contribution is 6.30. The number of halogens is 2. The number of rotatable bonds is 4. The maximum atomic E-state index is 13.3. The minimum atomic E-state index is -0.366. The molecule has 2 nitrogen and oxygen atoms in total. The van der Waals surface area contributed by atoms with Gasteiger partial charge in [-0.2, -0.15) is 0 Å². The second-order valence-electron chi connectivity index (χ2n) is 4.44. The molecule has 94 valence electrons. The minimum Gasteiger partial charge on any atom is -0.377 e. The highest BCUT2D eigenvalue weighted by Gasteiger charge is 2.16. The molecule has 1 saturated heterocycles. The van der Waals surface area contributed by atoms with E-state index in [1.54, 1.807) is 6.07 Å². The summed E-state index contributed by atoms with van der Waals surface area (Å²) in [7, 11) is 0. The Kier molecular flexibility index (Phi) is 4.37. The van der Waals surface area contributed by atoms with E-state index in [0.29, 0.717) is 6.10 Å². The molecule has 0 saturated carbocycles. The molecule has 1 aromatic carbocycles. The highest BCUT2D eigenvalue weighted by Crippen LogP contribution is 2.20. The predicted molar refractivity (Wildman–Crippen MR) is 66.8 cm³/mol. The van der Waals surface area contributed by atoms with Crippen LogP contribution in [-0.2, 0) is 4.74 Å². The molecular weight excluding hydrogens is 241 g/mol. The molecule has 2 unspecified atom stereocenters. The summed E-state index contributed by atoms with van der Waals surface area (Å²) < 4.78 is 18.8. The second-order valence-corrected chi connectivity index (χ2v) is 4.85. The van der Waals surface area contributed by atoms with E-state index in [2.05, 4.69) is 5.32 Å². The van der Waals surface area contributed by atoms with Gasteiger partial charge in [-0.3, -0.25) is 0 Å². The Bertz CT molecular complexity index is 380. The van der Waals surface area contributed by atoms with Crippen LogP contribution < -0.4 is 5.32 Å². The zero-order chi connectivity index (χ0) is 12.3. The third-order valence-electron chi connectivity index (χ3n) is 3.12. The third-order valence-corrected chi connectivity index (χ3v) is 3.43. The number of ether oxygens (including phenoxy) is 1. The minimum absolute atomic E-state index is 0.103. The van der Waals surface area contributed by atoms with Crippen molar-refractivity contribution in [3.63, 3.8) is 0 Å². The van der Waals surface area contributed by atoms with Gasteiger partial charge in [-0.05, 0) is 37.5 Å². The fourth-order valence-corrected chi connectivity index (χ4v) is 2.13. The Morgan fingerprint density at radius 2 is 2.41 bits per heavy atom. The molecule has 0 bridgehead atoms. The van der Waals surface area contributed by atoms with E-state index in [1.807, 2.05) is 13.0 Å². The van der Waals surface area contributed by atoms with Crippen molar-refractivity contribution in [1.29, 1.82) is 0 Å². The zero-order valence-corrected chi connectivity index (χ0v) is 10.6. The first-order valence-electron chi connectivity index (χ1n) is 5.97. The molecule has 1 aliphatic rings. The van der Waals surface area contributed by atoms with Crippen LogP contribution in [0.5, 0.6) is 0 Å². The molecule has 4 heteroatoms. The van der Waals surface area contributed by atoms with Crippen LogP contribution in [0.1, 0.15) is 31.4 Å². The van der Waals surface area contributed by atoms with Crippen LogP contribution in [0.25, 0.3) is 0 Å². The van der Waals surface area contributed by atoms with Gasteiger partial charge in [0.2, 0.25) is 0 Å². The fraction of sp³-hybridized carbons (Fsp3) is 0.538. The quantitative estimate of drug-likeness (QED) is 0.894. The van der Waals surface area contributed by atoms with E-state index in [9.17, 15) is 4.39 Å². The van der Waals surface area contributed by atoms with Crippen molar-refractivity contribution >= 4 is 11.6 Å². The first-order chi connectivity index (χ1) is 8.16. The summed E-state index contributed by atoms with van der Waals surface area (Å²) in [6, 6.07) is 5.02. The van der Waals surface area contributed by atoms with Gasteiger partial charge in [0, 0.05) is 19.2 Å². The molecule has 0 spiro atoms. The van der Waals surface area contributed by atoms with E-state index < -0.39 is 0 Å². The van der Waals surface area contributed by atoms with Crippen molar-refractivity contribution in [2.75, 3.05) is 13.2 Å². The molecule has 1 N–H and O–H groups in total. The molecule has 0 radical (unpaired) electrons. The Hall–Kier alpha value is -0.640. The molecule has 1 aliphatic heterocycles. The van der Waals surface area contributed by atoms with Gasteiger partial charge in [-0.25, -0.2) is 4.39 Å². The normalized spacial score (nSPS) is 21.7. The zero-order valence-electron chi connectivity index (χ0n) is 9.88. The fourth-order valence-electron chi connectivity index (χ4n) is 2.01. The summed E-state index contributed by atoms with van der Waals surface area (Å²) in [5.41, 5.74) is 0.907. The van der Waals surface area contributed by atoms with Gasteiger partial charge in [0.1, 0.15) is 5.82 Å². The summed E-state index contributed by atoms with van der Waals surface area (Å²) in [4.78, 5) is 0. The van der Waals surface area contributed by atoms with Crippen molar-refractivity contribution in [1.82, 2.24) is 5.32 Å². The lowest BCUT2D eigenvalue weighted by Crippen LogP contribution is -2.28. The molecule has 2 atom stereocenters. The van der Waals surface area contributed by atoms with Crippen LogP contribution in [0.3, 0.4) is 0 Å². The Balaban J connectivity index is 1.89. The van der Waals surface area contributed by atoms with Gasteiger partial charge < -0.3 is 10.1 Å². The lowest BCUT2D eigenvalue weighted by molar-refractivity contribution is 0.108. The Morgan fingerprint density at radius 3 is 3.06 bits per heavy atom. The van der Waals surface area contributed by atoms with Crippen LogP contribution >= 0.6 is 11.6 Å². The van der Waals surface area contributed by atoms with Crippen molar-refractivity contribution in [3.8, 4) is 0 Å². The van der Waals surface area contributed by atoms with Crippen molar-refractivity contribution in [2.24, 2.45) is 0 Å². The molecule has 1 aromatic rings. The average molecular weight is 258 g/mol. The first kappa shape index (κ1) is 12.8. The van der Waals surface area contributed by atoms with E-state index in [4.69, 9.17) is 16.3 Å². The second kappa shape index (κ2) is 5.80. The van der Waals surface area contributed by atoms with Crippen molar-refractivity contribution in [2.45, 2.75) is 31.9 Å². The van der Waals surface area contributed by atoms with E-state index >= 15 is 0 Å². The monoisotopic (exact) mass is 257 g/mol. The van der Waals surface area contributed by atoms with Gasteiger partial charge in [-0.1, -0.05) is 17.7 Å². The molecule has 1 fully saturated rings. The van der Waals surface area contributed by atoms with Gasteiger partial charge in [0.05, 0.1) is 11.1 Å². The average Bonchev–Trinajstić information content (AvgIpc) is 2.82. The largest absolute Gasteiger partial charge is 0.377 e. The lowest BCUT2D eigenvalue weighted by Gasteiger charge is -2.17. The van der Waals surface area contributed by atoms with E-state index in [1.165, 1.54) is 6.07 Å². The van der Waals surface area contributed by atoms with Gasteiger partial charge >= 0.3 is 0 Å². The van der Waals surface area contributed by atoms with Crippen molar-refractivity contribution < 1.29 is 9.13 Å². The van der Waals surface area contributed by atoms with Gasteiger partial charge in [-0.15, -0.1) is 0 Å². The SMILES string of the molecule is CC(NCC1CCCO1)c1ccc(Cl)c(F)c1. The van der Waals surface area contributed by atoms with Crippen LogP contribution in [0.4, 0.5) is 4.39 Å². The third kappa shape index (κ3) is 3.41. The molecule has 0 aromatic heterocycles. The number of hydrogen-bond donors (Lipinski definition) is 1. The molecule has 0 amide bonds. The number of hydrogen-bond acceptors (Lipinski definition) is 2. The summed E-state index contributed by atoms with van der Waals surface area (Å²) in [6.45, 7) is 3.68. The smallest absolute Gasteiger partial charge is 0.142 e. The maximum Gasteiger partial charge on any atom is 0.142 e. The summed E-state index contributed by atoms with van der Waals surface area (Å²) in [5, 5.41) is 3.52. The van der Waals surface area contributed by atoms with Crippen LogP contribution in [0.2, 0.25) is 5.02 Å². The van der Waals surface area contributed by atoms with E-state index in [-0.39, 0.29) is 16.9 Å². The molecule has 17 heavy (non-hydrogen) atoms. The van der Waals surface area contributed by atoms with Gasteiger partial charge in [0.25, 0.3) is 0 Å². The van der Waals surface area contributed by atoms with Crippen LogP contribution in [0.15, 0.2) is 18.2 Å². The molecule has 1 heterocycles. The summed E-state index contributed by atoms with van der Waals surface area (Å²) in [5.74, 6) is -0.366. The molecule has 2 rings (SSSR count). The van der Waals surface area contributed by atoms with Crippen LogP contribution in [0, 0.1) is 5.82 Å². The number of nitrogens with one attached hydrogen (secondary N) is 1. The van der Waals surface area contributed by atoms with E-state index in [0.717, 1.165) is 31.6 Å². The summed E-state index contributed by atoms with van der Waals surface area (Å²) in [6.07, 6.45) is 2.54. The topological polar surface area (TPSA) is 21.3 Å². The standard InChI is InChI=1S/C13H17ClFNO/c1-9(16-8-11-3-2-6-17-11)10-4-5-12(14)13(15)7-10/h4-5,7,9,11,16H,2-3,6,8H2,1H3. The maximum absolute atomic E-state index is 13.3. The summed E-state index contributed by atoms with van der Waals surface area (Å²) >= 11 is 5.65. The first-order valence-corrected chi connectivity index (χ1v) is 6.34. The predicted octanol–water partition coefficient (Wildman–Crippen LogP) is 3.31. The Labute approximate surface area is 106 Å². The van der Waals surface area contributed by atoms with Gasteiger partial charge in [0.15, 0.2) is 0 Å².